The molecule has 0 aromatic heterocycles. The van der Waals surface area contributed by atoms with Crippen LogP contribution in [0.25, 0.3) is 0 Å². The normalized spacial score (nSPS) is 14.9. The molecule has 0 fully saturated rings. The third-order valence-corrected chi connectivity index (χ3v) is 1.42. The van der Waals surface area contributed by atoms with Gasteiger partial charge >= 0.3 is 5.97 Å². The zero-order chi connectivity index (χ0) is 9.61. The van der Waals surface area contributed by atoms with Gasteiger partial charge in [0.05, 0.1) is 6.61 Å². The number of aliphatic hydroxyl groups is 1. The number of rotatable bonds is 5. The topological polar surface area (TPSA) is 46.5 Å². The van der Waals surface area contributed by atoms with Gasteiger partial charge in [-0.3, -0.25) is 0 Å². The van der Waals surface area contributed by atoms with E-state index in [0.717, 1.165) is 6.42 Å². The summed E-state index contributed by atoms with van der Waals surface area (Å²) >= 11 is 0. The molecule has 0 rings (SSSR count). The molecular weight excluding hydrogens is 156 g/mol. The maximum Gasteiger partial charge on any atom is 0.338 e. The molecule has 0 amide bonds. The molecule has 0 aliphatic rings. The van der Waals surface area contributed by atoms with Gasteiger partial charge in [-0.15, -0.1) is 6.58 Å². The van der Waals surface area contributed by atoms with Crippen LogP contribution >= 0.6 is 0 Å². The van der Waals surface area contributed by atoms with E-state index in [0.29, 0.717) is 6.61 Å². The van der Waals surface area contributed by atoms with Crippen molar-refractivity contribution in [2.75, 3.05) is 6.61 Å². The molecule has 3 heteroatoms. The Hall–Kier alpha value is -0.830. The number of hydrogen-bond donors (Lipinski definition) is 1. The molecule has 0 aliphatic heterocycles. The number of carbonyl (C=O) groups is 1. The molecule has 0 aromatic carbocycles. The second-order valence-electron chi connectivity index (χ2n) is 2.90. The SMILES string of the molecule is C=CCC(C)(O)C(=O)OCCC. The molecule has 1 unspecified atom stereocenters. The van der Waals surface area contributed by atoms with Crippen LogP contribution in [0.5, 0.6) is 0 Å². The predicted molar refractivity (Wildman–Crippen MR) is 46.7 cm³/mol. The third-order valence-electron chi connectivity index (χ3n) is 1.42. The van der Waals surface area contributed by atoms with Crippen LogP contribution in [0.3, 0.4) is 0 Å². The number of ether oxygens (including phenoxy) is 1. The minimum atomic E-state index is -1.42. The first-order chi connectivity index (χ1) is 5.54. The first-order valence-electron chi connectivity index (χ1n) is 4.05. The van der Waals surface area contributed by atoms with E-state index < -0.39 is 11.6 Å². The van der Waals surface area contributed by atoms with Crippen LogP contribution in [-0.2, 0) is 9.53 Å². The Labute approximate surface area is 73.0 Å². The highest BCUT2D eigenvalue weighted by Crippen LogP contribution is 2.11. The summed E-state index contributed by atoms with van der Waals surface area (Å²) in [6.45, 7) is 7.12. The zero-order valence-electron chi connectivity index (χ0n) is 7.67. The minimum absolute atomic E-state index is 0.218. The van der Waals surface area contributed by atoms with Crippen molar-refractivity contribution in [2.24, 2.45) is 0 Å². The lowest BCUT2D eigenvalue weighted by Crippen LogP contribution is -2.36. The third kappa shape index (κ3) is 3.53. The first-order valence-corrected chi connectivity index (χ1v) is 4.05. The van der Waals surface area contributed by atoms with Crippen molar-refractivity contribution < 1.29 is 14.6 Å². The molecule has 1 N–H and O–H groups in total. The van der Waals surface area contributed by atoms with E-state index in [1.165, 1.54) is 13.0 Å². The van der Waals surface area contributed by atoms with Crippen LogP contribution in [0, 0.1) is 0 Å². The molecule has 0 spiro atoms. The van der Waals surface area contributed by atoms with Crippen molar-refractivity contribution in [3.8, 4) is 0 Å². The molecule has 12 heavy (non-hydrogen) atoms. The van der Waals surface area contributed by atoms with Crippen molar-refractivity contribution >= 4 is 5.97 Å². The van der Waals surface area contributed by atoms with E-state index in [1.54, 1.807) is 0 Å². The Morgan fingerprint density at radius 3 is 2.75 bits per heavy atom. The Bertz CT molecular complexity index is 161. The molecule has 0 heterocycles. The Morgan fingerprint density at radius 1 is 1.75 bits per heavy atom. The fourth-order valence-electron chi connectivity index (χ4n) is 0.715. The average Bonchev–Trinajstić information content (AvgIpc) is 2.00. The lowest BCUT2D eigenvalue weighted by Gasteiger charge is -2.18. The van der Waals surface area contributed by atoms with Gasteiger partial charge < -0.3 is 9.84 Å². The molecule has 0 radical (unpaired) electrons. The van der Waals surface area contributed by atoms with Gasteiger partial charge in [0.15, 0.2) is 5.60 Å². The molecule has 0 saturated carbocycles. The first kappa shape index (κ1) is 11.2. The molecular formula is C9H16O3. The van der Waals surface area contributed by atoms with Crippen LogP contribution in [0.15, 0.2) is 12.7 Å². The summed E-state index contributed by atoms with van der Waals surface area (Å²) in [5.41, 5.74) is -1.42. The summed E-state index contributed by atoms with van der Waals surface area (Å²) in [6.07, 6.45) is 2.47. The van der Waals surface area contributed by atoms with Crippen molar-refractivity contribution in [3.05, 3.63) is 12.7 Å². The highest BCUT2D eigenvalue weighted by molar-refractivity contribution is 5.78. The Balaban J connectivity index is 3.96. The highest BCUT2D eigenvalue weighted by atomic mass is 16.5. The van der Waals surface area contributed by atoms with Crippen LogP contribution in [0.1, 0.15) is 26.7 Å². The van der Waals surface area contributed by atoms with Gasteiger partial charge in [-0.2, -0.15) is 0 Å². The van der Waals surface area contributed by atoms with E-state index in [2.05, 4.69) is 6.58 Å². The van der Waals surface area contributed by atoms with Gasteiger partial charge in [-0.1, -0.05) is 13.0 Å². The lowest BCUT2D eigenvalue weighted by molar-refractivity contribution is -0.163. The second-order valence-corrected chi connectivity index (χ2v) is 2.90. The van der Waals surface area contributed by atoms with Gasteiger partial charge in [0, 0.05) is 6.42 Å². The van der Waals surface area contributed by atoms with Gasteiger partial charge in [0.25, 0.3) is 0 Å². The fourth-order valence-corrected chi connectivity index (χ4v) is 0.715. The van der Waals surface area contributed by atoms with E-state index in [-0.39, 0.29) is 6.42 Å². The number of esters is 1. The van der Waals surface area contributed by atoms with Gasteiger partial charge in [-0.05, 0) is 13.3 Å². The Morgan fingerprint density at radius 2 is 2.33 bits per heavy atom. The van der Waals surface area contributed by atoms with Crippen LogP contribution in [0.2, 0.25) is 0 Å². The van der Waals surface area contributed by atoms with Crippen molar-refractivity contribution in [1.82, 2.24) is 0 Å². The summed E-state index contributed by atoms with van der Waals surface area (Å²) in [4.78, 5) is 11.1. The smallest absolute Gasteiger partial charge is 0.338 e. The van der Waals surface area contributed by atoms with E-state index in [1.807, 2.05) is 6.92 Å². The lowest BCUT2D eigenvalue weighted by atomic mass is 10.0. The summed E-state index contributed by atoms with van der Waals surface area (Å²) in [7, 11) is 0. The second kappa shape index (κ2) is 4.93. The molecule has 70 valence electrons. The summed E-state index contributed by atoms with van der Waals surface area (Å²) in [5, 5.41) is 9.46. The van der Waals surface area contributed by atoms with Crippen molar-refractivity contribution in [1.29, 1.82) is 0 Å². The van der Waals surface area contributed by atoms with Gasteiger partial charge in [-0.25, -0.2) is 4.79 Å². The molecule has 3 nitrogen and oxygen atoms in total. The van der Waals surface area contributed by atoms with E-state index in [4.69, 9.17) is 4.74 Å². The maximum atomic E-state index is 11.1. The molecule has 0 aliphatic carbocycles. The predicted octanol–water partition coefficient (Wildman–Crippen LogP) is 1.27. The van der Waals surface area contributed by atoms with E-state index >= 15 is 0 Å². The minimum Gasteiger partial charge on any atom is -0.464 e. The number of carbonyl (C=O) groups excluding carboxylic acids is 1. The zero-order valence-corrected chi connectivity index (χ0v) is 7.67. The fraction of sp³-hybridized carbons (Fsp3) is 0.667. The van der Waals surface area contributed by atoms with Gasteiger partial charge in [0.1, 0.15) is 0 Å². The molecule has 0 bridgehead atoms. The van der Waals surface area contributed by atoms with Crippen LogP contribution in [0.4, 0.5) is 0 Å². The number of hydrogen-bond acceptors (Lipinski definition) is 3. The molecule has 1 atom stereocenters. The summed E-state index contributed by atoms with van der Waals surface area (Å²) in [5.74, 6) is -0.579. The van der Waals surface area contributed by atoms with Crippen molar-refractivity contribution in [3.63, 3.8) is 0 Å². The quantitative estimate of drug-likeness (QED) is 0.501. The monoisotopic (exact) mass is 172 g/mol. The summed E-state index contributed by atoms with van der Waals surface area (Å²) in [6, 6.07) is 0. The standard InChI is InChI=1S/C9H16O3/c1-4-6-9(3,11)8(10)12-7-5-2/h4,11H,1,5-7H2,2-3H3. The average molecular weight is 172 g/mol. The van der Waals surface area contributed by atoms with Crippen molar-refractivity contribution in [2.45, 2.75) is 32.3 Å². The maximum absolute atomic E-state index is 11.1. The van der Waals surface area contributed by atoms with Crippen LogP contribution < -0.4 is 0 Å². The highest BCUT2D eigenvalue weighted by Gasteiger charge is 2.29. The largest absolute Gasteiger partial charge is 0.464 e. The molecule has 0 saturated heterocycles. The molecule has 0 aromatic rings. The summed E-state index contributed by atoms with van der Waals surface area (Å²) < 4.78 is 4.77. The van der Waals surface area contributed by atoms with E-state index in [9.17, 15) is 9.90 Å². The Kier molecular flexibility index (Phi) is 4.59. The van der Waals surface area contributed by atoms with Crippen LogP contribution in [-0.4, -0.2) is 23.3 Å². The van der Waals surface area contributed by atoms with Gasteiger partial charge in [0.2, 0.25) is 0 Å².